The predicted octanol–water partition coefficient (Wildman–Crippen LogP) is 1.81. The highest BCUT2D eigenvalue weighted by Gasteiger charge is 2.21. The summed E-state index contributed by atoms with van der Waals surface area (Å²) in [7, 11) is 0. The number of benzene rings is 1. The van der Waals surface area contributed by atoms with Crippen LogP contribution in [0.4, 0.5) is 10.5 Å². The molecule has 0 spiro atoms. The zero-order valence-electron chi connectivity index (χ0n) is 13.2. The highest BCUT2D eigenvalue weighted by Crippen LogP contribution is 2.21. The molecule has 0 radical (unpaired) electrons. The zero-order chi connectivity index (χ0) is 18.1. The van der Waals surface area contributed by atoms with E-state index in [0.29, 0.717) is 15.4 Å². The largest absolute Gasteiger partial charge is 0.534 e. The SMILES string of the molecule is CC(C)(C)OC(=O)On1c(=O)c(NC(O)O)cc2ccc(Br)cc21. The average Bonchev–Trinajstić information content (AvgIpc) is 2.41. The highest BCUT2D eigenvalue weighted by molar-refractivity contribution is 9.10. The molecule has 9 heteroatoms. The summed E-state index contributed by atoms with van der Waals surface area (Å²) < 4.78 is 6.45. The number of aliphatic hydroxyl groups excluding tert-OH is 1. The number of ether oxygens (including phenoxy) is 1. The number of hydrogen-bond donors (Lipinski definition) is 3. The molecule has 0 aliphatic carbocycles. The van der Waals surface area contributed by atoms with Crippen LogP contribution < -0.4 is 15.7 Å². The molecule has 0 saturated heterocycles. The van der Waals surface area contributed by atoms with E-state index in [0.717, 1.165) is 4.73 Å². The van der Waals surface area contributed by atoms with Gasteiger partial charge in [0.05, 0.1) is 5.52 Å². The summed E-state index contributed by atoms with van der Waals surface area (Å²) in [6.07, 6.45) is -3.01. The minimum absolute atomic E-state index is 0.150. The summed E-state index contributed by atoms with van der Waals surface area (Å²) in [6.45, 7) is 4.98. The van der Waals surface area contributed by atoms with Gasteiger partial charge in [-0.3, -0.25) is 9.63 Å². The van der Waals surface area contributed by atoms with Gasteiger partial charge in [-0.1, -0.05) is 22.0 Å². The van der Waals surface area contributed by atoms with Gasteiger partial charge < -0.3 is 20.3 Å². The third-order valence-electron chi connectivity index (χ3n) is 2.77. The topological polar surface area (TPSA) is 110 Å². The third-order valence-corrected chi connectivity index (χ3v) is 3.26. The number of aromatic nitrogens is 1. The van der Waals surface area contributed by atoms with Crippen LogP contribution >= 0.6 is 15.9 Å². The lowest BCUT2D eigenvalue weighted by molar-refractivity contribution is -0.0153. The van der Waals surface area contributed by atoms with Crippen molar-refractivity contribution in [2.24, 2.45) is 0 Å². The lowest BCUT2D eigenvalue weighted by Gasteiger charge is -2.20. The van der Waals surface area contributed by atoms with Gasteiger partial charge in [-0.2, -0.15) is 0 Å². The van der Waals surface area contributed by atoms with Crippen LogP contribution in [-0.4, -0.2) is 33.1 Å². The Morgan fingerprint density at radius 2 is 1.96 bits per heavy atom. The maximum absolute atomic E-state index is 12.5. The first kappa shape index (κ1) is 18.2. The number of fused-ring (bicyclic) bond motifs is 1. The number of carbonyl (C=O) groups is 1. The summed E-state index contributed by atoms with van der Waals surface area (Å²) in [5, 5.41) is 20.8. The Bertz CT molecular complexity index is 825. The summed E-state index contributed by atoms with van der Waals surface area (Å²) in [6, 6.07) is 6.39. The maximum atomic E-state index is 12.5. The molecule has 0 aliphatic heterocycles. The lowest BCUT2D eigenvalue weighted by Crippen LogP contribution is -2.37. The van der Waals surface area contributed by atoms with Gasteiger partial charge in [0.25, 0.3) is 0 Å². The molecule has 1 aromatic carbocycles. The van der Waals surface area contributed by atoms with Crippen LogP contribution in [0, 0.1) is 0 Å². The Hall–Kier alpha value is -2.10. The minimum atomic E-state index is -1.94. The molecular weight excluding hydrogens is 384 g/mol. The van der Waals surface area contributed by atoms with E-state index in [1.54, 1.807) is 39.0 Å². The smallest absolute Gasteiger partial charge is 0.427 e. The van der Waals surface area contributed by atoms with E-state index < -0.39 is 23.7 Å². The number of anilines is 1. The quantitative estimate of drug-likeness (QED) is 0.532. The van der Waals surface area contributed by atoms with E-state index in [4.69, 9.17) is 19.8 Å². The van der Waals surface area contributed by atoms with Crippen molar-refractivity contribution in [1.29, 1.82) is 0 Å². The van der Waals surface area contributed by atoms with E-state index in [1.807, 2.05) is 0 Å². The van der Waals surface area contributed by atoms with Gasteiger partial charge in [-0.05, 0) is 39.0 Å². The summed E-state index contributed by atoms with van der Waals surface area (Å²) >= 11 is 3.28. The van der Waals surface area contributed by atoms with Crippen molar-refractivity contribution in [3.63, 3.8) is 0 Å². The molecule has 24 heavy (non-hydrogen) atoms. The standard InChI is InChI=1S/C15H17BrN2O6/c1-15(2,3)23-14(22)24-18-11-7-9(16)5-4-8(11)6-10(12(18)19)17-13(20)21/h4-7,13,17,20-21H,1-3H3. The Kier molecular flexibility index (Phi) is 5.16. The predicted molar refractivity (Wildman–Crippen MR) is 90.6 cm³/mol. The van der Waals surface area contributed by atoms with Crippen LogP contribution in [0.5, 0.6) is 0 Å². The normalized spacial score (nSPS) is 11.6. The fourth-order valence-corrected chi connectivity index (χ4v) is 2.28. The molecule has 0 amide bonds. The molecule has 0 unspecified atom stereocenters. The van der Waals surface area contributed by atoms with Crippen molar-refractivity contribution in [1.82, 2.24) is 4.73 Å². The fraction of sp³-hybridized carbons (Fsp3) is 0.333. The number of rotatable bonds is 3. The molecule has 130 valence electrons. The van der Waals surface area contributed by atoms with Crippen molar-refractivity contribution in [2.45, 2.75) is 32.8 Å². The first-order valence-corrected chi connectivity index (χ1v) is 7.75. The zero-order valence-corrected chi connectivity index (χ0v) is 14.8. The van der Waals surface area contributed by atoms with Crippen LogP contribution in [0.15, 0.2) is 33.5 Å². The molecule has 8 nitrogen and oxygen atoms in total. The van der Waals surface area contributed by atoms with E-state index in [-0.39, 0.29) is 5.69 Å². The maximum Gasteiger partial charge on any atom is 0.534 e. The molecule has 2 aromatic rings. The van der Waals surface area contributed by atoms with Crippen LogP contribution in [0.3, 0.4) is 0 Å². The molecule has 3 N–H and O–H groups in total. The van der Waals surface area contributed by atoms with Crippen molar-refractivity contribution >= 4 is 38.7 Å². The molecule has 0 atom stereocenters. The average molecular weight is 401 g/mol. The third kappa shape index (κ3) is 4.47. The fourth-order valence-electron chi connectivity index (χ4n) is 1.93. The van der Waals surface area contributed by atoms with Gasteiger partial charge in [0, 0.05) is 9.86 Å². The van der Waals surface area contributed by atoms with Crippen LogP contribution in [0.25, 0.3) is 10.9 Å². The first-order chi connectivity index (χ1) is 11.1. The van der Waals surface area contributed by atoms with E-state index in [9.17, 15) is 9.59 Å². The molecule has 1 aromatic heterocycles. The van der Waals surface area contributed by atoms with Gasteiger partial charge in [-0.25, -0.2) is 4.79 Å². The van der Waals surface area contributed by atoms with Crippen molar-refractivity contribution in [3.05, 3.63) is 39.1 Å². The second kappa shape index (κ2) is 6.80. The number of carbonyl (C=O) groups excluding carboxylic acids is 1. The molecule has 0 saturated carbocycles. The number of nitrogens with one attached hydrogen (secondary N) is 1. The van der Waals surface area contributed by atoms with Gasteiger partial charge in [0.15, 0.2) is 0 Å². The Labute approximate surface area is 145 Å². The van der Waals surface area contributed by atoms with Gasteiger partial charge in [-0.15, -0.1) is 4.73 Å². The van der Waals surface area contributed by atoms with Crippen molar-refractivity contribution < 1.29 is 24.6 Å². The number of pyridine rings is 1. The Morgan fingerprint density at radius 3 is 2.54 bits per heavy atom. The van der Waals surface area contributed by atoms with Crippen LogP contribution in [-0.2, 0) is 4.74 Å². The minimum Gasteiger partial charge on any atom is -0.427 e. The monoisotopic (exact) mass is 400 g/mol. The Morgan fingerprint density at radius 1 is 1.29 bits per heavy atom. The summed E-state index contributed by atoms with van der Waals surface area (Å²) in [5.74, 6) is 0. The molecule has 0 bridgehead atoms. The van der Waals surface area contributed by atoms with Crippen molar-refractivity contribution in [3.8, 4) is 0 Å². The van der Waals surface area contributed by atoms with E-state index in [2.05, 4.69) is 21.2 Å². The van der Waals surface area contributed by atoms with Gasteiger partial charge >= 0.3 is 11.7 Å². The molecule has 2 rings (SSSR count). The molecular formula is C15H17BrN2O6. The Balaban J connectivity index is 2.56. The number of aliphatic hydroxyl groups is 2. The van der Waals surface area contributed by atoms with Crippen LogP contribution in [0.2, 0.25) is 0 Å². The van der Waals surface area contributed by atoms with Crippen LogP contribution in [0.1, 0.15) is 20.8 Å². The molecule has 1 heterocycles. The second-order valence-corrected chi connectivity index (χ2v) is 6.85. The number of halogens is 1. The van der Waals surface area contributed by atoms with Gasteiger partial charge in [0.1, 0.15) is 11.3 Å². The number of nitrogens with zero attached hydrogens (tertiary/aromatic N) is 1. The molecule has 0 fully saturated rings. The first-order valence-electron chi connectivity index (χ1n) is 6.96. The summed E-state index contributed by atoms with van der Waals surface area (Å²) in [5.41, 5.74) is -1.42. The van der Waals surface area contributed by atoms with E-state index in [1.165, 1.54) is 6.07 Å². The molecule has 0 aliphatic rings. The van der Waals surface area contributed by atoms with Gasteiger partial charge in [0.2, 0.25) is 6.41 Å². The summed E-state index contributed by atoms with van der Waals surface area (Å²) in [4.78, 5) is 29.4. The van der Waals surface area contributed by atoms with Crippen molar-refractivity contribution in [2.75, 3.05) is 5.32 Å². The lowest BCUT2D eigenvalue weighted by atomic mass is 10.2. The second-order valence-electron chi connectivity index (χ2n) is 5.93. The number of hydrogen-bond acceptors (Lipinski definition) is 7. The van der Waals surface area contributed by atoms with E-state index >= 15 is 0 Å². The highest BCUT2D eigenvalue weighted by atomic mass is 79.9.